The summed E-state index contributed by atoms with van der Waals surface area (Å²) in [6.07, 6.45) is 2.56. The van der Waals surface area contributed by atoms with Crippen LogP contribution in [-0.4, -0.2) is 12.0 Å². The Morgan fingerprint density at radius 3 is 2.89 bits per heavy atom. The van der Waals surface area contributed by atoms with Gasteiger partial charge in [0.05, 0.1) is 0 Å². The van der Waals surface area contributed by atoms with Crippen LogP contribution in [0.2, 0.25) is 0 Å². The van der Waals surface area contributed by atoms with Gasteiger partial charge in [0.25, 0.3) is 0 Å². The summed E-state index contributed by atoms with van der Waals surface area (Å²) in [4.78, 5) is 10.6. The van der Waals surface area contributed by atoms with E-state index in [1.807, 2.05) is 0 Å². The van der Waals surface area contributed by atoms with E-state index in [0.29, 0.717) is 12.8 Å². The van der Waals surface area contributed by atoms with E-state index < -0.39 is 6.17 Å². The fraction of sp³-hybridized carbons (Fsp3) is 0.857. The van der Waals surface area contributed by atoms with Gasteiger partial charge in [-0.15, -0.1) is 0 Å². The van der Waals surface area contributed by atoms with Crippen molar-refractivity contribution in [2.24, 2.45) is 0 Å². The molecule has 0 bridgehead atoms. The van der Waals surface area contributed by atoms with E-state index in [1.54, 1.807) is 0 Å². The first-order valence-electron chi connectivity index (χ1n) is 3.47. The SMILES string of the molecule is O=C1CCCCCC1F. The van der Waals surface area contributed by atoms with Crippen molar-refractivity contribution in [3.8, 4) is 0 Å². The lowest BCUT2D eigenvalue weighted by Crippen LogP contribution is -2.12. The van der Waals surface area contributed by atoms with Crippen LogP contribution >= 0.6 is 0 Å². The molecular weight excluding hydrogens is 119 g/mol. The number of alkyl halides is 1. The van der Waals surface area contributed by atoms with Crippen molar-refractivity contribution in [3.05, 3.63) is 0 Å². The first-order valence-corrected chi connectivity index (χ1v) is 3.47. The molecule has 1 fully saturated rings. The topological polar surface area (TPSA) is 17.1 Å². The summed E-state index contributed by atoms with van der Waals surface area (Å²) in [6.45, 7) is 0. The number of ketones is 1. The molecule has 52 valence electrons. The highest BCUT2D eigenvalue weighted by molar-refractivity contribution is 5.83. The second-order valence-electron chi connectivity index (χ2n) is 2.53. The molecule has 0 amide bonds. The van der Waals surface area contributed by atoms with Crippen LogP contribution in [0.1, 0.15) is 32.1 Å². The first-order chi connectivity index (χ1) is 4.30. The van der Waals surface area contributed by atoms with Crippen LogP contribution in [0.4, 0.5) is 4.39 Å². The molecule has 1 rings (SSSR count). The van der Waals surface area contributed by atoms with Gasteiger partial charge in [0.15, 0.2) is 12.0 Å². The molecule has 0 aromatic carbocycles. The Labute approximate surface area is 54.3 Å². The summed E-state index contributed by atoms with van der Waals surface area (Å²) in [5, 5.41) is 0. The fourth-order valence-corrected chi connectivity index (χ4v) is 1.12. The van der Waals surface area contributed by atoms with E-state index in [-0.39, 0.29) is 5.78 Å². The third-order valence-corrected chi connectivity index (χ3v) is 1.73. The maximum absolute atomic E-state index is 12.5. The van der Waals surface area contributed by atoms with Gasteiger partial charge in [-0.2, -0.15) is 0 Å². The number of halogens is 1. The second-order valence-corrected chi connectivity index (χ2v) is 2.53. The van der Waals surface area contributed by atoms with Gasteiger partial charge in [0.1, 0.15) is 0 Å². The molecule has 0 aromatic rings. The maximum Gasteiger partial charge on any atom is 0.166 e. The van der Waals surface area contributed by atoms with Crippen LogP contribution in [0.3, 0.4) is 0 Å². The highest BCUT2D eigenvalue weighted by Gasteiger charge is 2.18. The number of carbonyl (C=O) groups excluding carboxylic acids is 1. The van der Waals surface area contributed by atoms with Crippen LogP contribution < -0.4 is 0 Å². The van der Waals surface area contributed by atoms with E-state index in [2.05, 4.69) is 0 Å². The molecule has 1 aliphatic rings. The number of rotatable bonds is 0. The van der Waals surface area contributed by atoms with Crippen molar-refractivity contribution in [1.29, 1.82) is 0 Å². The van der Waals surface area contributed by atoms with E-state index in [0.717, 1.165) is 19.3 Å². The number of carbonyl (C=O) groups is 1. The predicted molar refractivity (Wildman–Crippen MR) is 33.0 cm³/mol. The smallest absolute Gasteiger partial charge is 0.166 e. The molecule has 0 saturated heterocycles. The Bertz CT molecular complexity index is 111. The van der Waals surface area contributed by atoms with Crippen LogP contribution in [0, 0.1) is 0 Å². The molecule has 1 atom stereocenters. The van der Waals surface area contributed by atoms with Crippen molar-refractivity contribution < 1.29 is 9.18 Å². The third-order valence-electron chi connectivity index (χ3n) is 1.73. The van der Waals surface area contributed by atoms with Gasteiger partial charge in [0, 0.05) is 6.42 Å². The zero-order valence-corrected chi connectivity index (χ0v) is 5.40. The van der Waals surface area contributed by atoms with Crippen molar-refractivity contribution in [2.75, 3.05) is 0 Å². The number of hydrogen-bond acceptors (Lipinski definition) is 1. The molecule has 0 aromatic heterocycles. The van der Waals surface area contributed by atoms with Gasteiger partial charge in [0.2, 0.25) is 0 Å². The average molecular weight is 130 g/mol. The quantitative estimate of drug-likeness (QED) is 0.457. The first kappa shape index (κ1) is 6.72. The second kappa shape index (κ2) is 2.95. The van der Waals surface area contributed by atoms with E-state index in [4.69, 9.17) is 0 Å². The minimum atomic E-state index is -1.15. The molecule has 0 heterocycles. The van der Waals surface area contributed by atoms with Crippen molar-refractivity contribution in [2.45, 2.75) is 38.3 Å². The Balaban J connectivity index is 2.41. The molecular formula is C7H11FO. The summed E-state index contributed by atoms with van der Waals surface area (Å²) in [5.41, 5.74) is 0. The van der Waals surface area contributed by atoms with Gasteiger partial charge in [-0.05, 0) is 12.8 Å². The maximum atomic E-state index is 12.5. The Hall–Kier alpha value is -0.400. The monoisotopic (exact) mass is 130 g/mol. The summed E-state index contributed by atoms with van der Waals surface area (Å²) in [6, 6.07) is 0. The molecule has 0 radical (unpaired) electrons. The molecule has 1 saturated carbocycles. The predicted octanol–water partition coefficient (Wildman–Crippen LogP) is 1.86. The highest BCUT2D eigenvalue weighted by Crippen LogP contribution is 2.16. The normalized spacial score (nSPS) is 29.9. The summed E-state index contributed by atoms with van der Waals surface area (Å²) >= 11 is 0. The Morgan fingerprint density at radius 1 is 1.33 bits per heavy atom. The minimum Gasteiger partial charge on any atom is -0.296 e. The van der Waals surface area contributed by atoms with Gasteiger partial charge < -0.3 is 0 Å². The van der Waals surface area contributed by atoms with Gasteiger partial charge in [-0.3, -0.25) is 4.79 Å². The van der Waals surface area contributed by atoms with Gasteiger partial charge in [-0.25, -0.2) is 4.39 Å². The molecule has 1 aliphatic carbocycles. The van der Waals surface area contributed by atoms with Crippen LogP contribution in [0.5, 0.6) is 0 Å². The fourth-order valence-electron chi connectivity index (χ4n) is 1.12. The lowest BCUT2D eigenvalue weighted by atomic mass is 10.2. The lowest BCUT2D eigenvalue weighted by molar-refractivity contribution is -0.123. The van der Waals surface area contributed by atoms with Crippen LogP contribution in [0.15, 0.2) is 0 Å². The highest BCUT2D eigenvalue weighted by atomic mass is 19.1. The van der Waals surface area contributed by atoms with Gasteiger partial charge in [-0.1, -0.05) is 12.8 Å². The molecule has 0 spiro atoms. The number of hydrogen-bond donors (Lipinski definition) is 0. The van der Waals surface area contributed by atoms with E-state index in [9.17, 15) is 9.18 Å². The Morgan fingerprint density at radius 2 is 2.11 bits per heavy atom. The minimum absolute atomic E-state index is 0.187. The van der Waals surface area contributed by atoms with Crippen LogP contribution in [0.25, 0.3) is 0 Å². The summed E-state index contributed by atoms with van der Waals surface area (Å²) < 4.78 is 12.5. The van der Waals surface area contributed by atoms with Crippen molar-refractivity contribution >= 4 is 5.78 Å². The summed E-state index contributed by atoms with van der Waals surface area (Å²) in [5.74, 6) is -0.187. The van der Waals surface area contributed by atoms with Crippen molar-refractivity contribution in [3.63, 3.8) is 0 Å². The molecule has 1 nitrogen and oxygen atoms in total. The summed E-state index contributed by atoms with van der Waals surface area (Å²) in [7, 11) is 0. The standard InChI is InChI=1S/C7H11FO/c8-6-4-2-1-3-5-7(6)9/h6H,1-5H2. The zero-order valence-electron chi connectivity index (χ0n) is 5.40. The van der Waals surface area contributed by atoms with Crippen LogP contribution in [-0.2, 0) is 4.79 Å². The molecule has 2 heteroatoms. The van der Waals surface area contributed by atoms with E-state index in [1.165, 1.54) is 0 Å². The van der Waals surface area contributed by atoms with Gasteiger partial charge >= 0.3 is 0 Å². The largest absolute Gasteiger partial charge is 0.296 e. The van der Waals surface area contributed by atoms with E-state index >= 15 is 0 Å². The average Bonchev–Trinajstić information content (AvgIpc) is 1.99. The zero-order chi connectivity index (χ0) is 6.69. The molecule has 1 unspecified atom stereocenters. The molecule has 9 heavy (non-hydrogen) atoms. The Kier molecular flexibility index (Phi) is 2.20. The molecule has 0 N–H and O–H groups in total. The molecule has 0 aliphatic heterocycles. The lowest BCUT2D eigenvalue weighted by Gasteiger charge is -1.98. The third kappa shape index (κ3) is 1.77. The van der Waals surface area contributed by atoms with Crippen molar-refractivity contribution in [1.82, 2.24) is 0 Å². The number of Topliss-reactive ketones (excluding diaryl/α,β-unsaturated/α-hetero) is 1.